The van der Waals surface area contributed by atoms with E-state index in [0.29, 0.717) is 32.6 Å². The number of aliphatic hydroxyl groups is 4. The van der Waals surface area contributed by atoms with Gasteiger partial charge in [-0.15, -0.1) is 0 Å². The summed E-state index contributed by atoms with van der Waals surface area (Å²) in [4.78, 5) is 10.3. The summed E-state index contributed by atoms with van der Waals surface area (Å²) >= 11 is 0. The normalized spacial score (nSPS) is 10.5. The molecule has 8 heteroatoms. The van der Waals surface area contributed by atoms with Crippen molar-refractivity contribution in [1.82, 2.24) is 10.6 Å². The summed E-state index contributed by atoms with van der Waals surface area (Å²) in [7, 11) is 0. The fourth-order valence-electron chi connectivity index (χ4n) is 2.91. The zero-order chi connectivity index (χ0) is 26.0. The van der Waals surface area contributed by atoms with Gasteiger partial charge in [0, 0.05) is 32.6 Å². The van der Waals surface area contributed by atoms with Gasteiger partial charge in [0.15, 0.2) is 0 Å². The molecular weight excluding hydrogens is 436 g/mol. The predicted molar refractivity (Wildman–Crippen MR) is 141 cm³/mol. The third-order valence-electron chi connectivity index (χ3n) is 4.81. The molecule has 0 aliphatic heterocycles. The van der Waals surface area contributed by atoms with Crippen LogP contribution in [0.1, 0.15) is 96.8 Å². The Bertz CT molecular complexity index is 366. The summed E-state index contributed by atoms with van der Waals surface area (Å²) in [6.45, 7) is 5.09. The number of allylic oxidation sites excluding steroid dienone is 2. The standard InChI is InChI=1S/C18H34O2.2C4H11NO2/c1-2-3-4-5-6-7-8-9-10-11-12-13-14-15-16-17-18(19)20;2*6-3-1-5-2-4-7/h9-10H,2-8,11-17H2,1H3,(H,19,20);2*5-7H,1-4H2/b10-9-;;. The van der Waals surface area contributed by atoms with Crippen molar-refractivity contribution in [2.75, 3.05) is 52.6 Å². The number of nitrogens with one attached hydrogen (secondary N) is 2. The minimum atomic E-state index is -0.664. The Morgan fingerprint density at radius 1 is 0.588 bits per heavy atom. The second kappa shape index (κ2) is 39.2. The number of carboxylic acid groups (broad SMARTS) is 1. The first-order valence-corrected chi connectivity index (χ1v) is 13.3. The molecule has 0 fully saturated rings. The van der Waals surface area contributed by atoms with Gasteiger partial charge >= 0.3 is 5.97 Å². The molecule has 0 rings (SSSR count). The van der Waals surface area contributed by atoms with Crippen molar-refractivity contribution in [2.24, 2.45) is 0 Å². The Morgan fingerprint density at radius 2 is 0.941 bits per heavy atom. The lowest BCUT2D eigenvalue weighted by Gasteiger charge is -1.99. The molecule has 0 heterocycles. The average molecular weight is 493 g/mol. The second-order valence-electron chi connectivity index (χ2n) is 8.12. The maximum absolute atomic E-state index is 10.3. The van der Waals surface area contributed by atoms with Crippen molar-refractivity contribution in [2.45, 2.75) is 96.8 Å². The molecule has 0 radical (unpaired) electrons. The molecule has 0 unspecified atom stereocenters. The number of carbonyl (C=O) groups is 1. The van der Waals surface area contributed by atoms with Crippen LogP contribution in [0.5, 0.6) is 0 Å². The highest BCUT2D eigenvalue weighted by molar-refractivity contribution is 5.66. The lowest BCUT2D eigenvalue weighted by atomic mass is 10.1. The van der Waals surface area contributed by atoms with Gasteiger partial charge in [0.1, 0.15) is 0 Å². The Balaban J connectivity index is -0.000000558. The summed E-state index contributed by atoms with van der Waals surface area (Å²) in [5.41, 5.74) is 0. The van der Waals surface area contributed by atoms with E-state index in [1.807, 2.05) is 0 Å². The molecule has 0 aromatic heterocycles. The van der Waals surface area contributed by atoms with E-state index >= 15 is 0 Å². The number of hydrogen-bond acceptors (Lipinski definition) is 7. The van der Waals surface area contributed by atoms with Gasteiger partial charge in [-0.2, -0.15) is 0 Å². The van der Waals surface area contributed by atoms with Crippen LogP contribution in [0.4, 0.5) is 0 Å². The van der Waals surface area contributed by atoms with E-state index in [4.69, 9.17) is 25.5 Å². The van der Waals surface area contributed by atoms with Gasteiger partial charge in [0.25, 0.3) is 0 Å². The maximum atomic E-state index is 10.3. The molecule has 0 aliphatic rings. The van der Waals surface area contributed by atoms with Crippen LogP contribution in [0.25, 0.3) is 0 Å². The number of unbranched alkanes of at least 4 members (excludes halogenated alkanes) is 11. The van der Waals surface area contributed by atoms with Crippen molar-refractivity contribution in [3.8, 4) is 0 Å². The quantitative estimate of drug-likeness (QED) is 0.0851. The van der Waals surface area contributed by atoms with Crippen LogP contribution in [0.3, 0.4) is 0 Å². The van der Waals surface area contributed by atoms with Crippen molar-refractivity contribution in [1.29, 1.82) is 0 Å². The van der Waals surface area contributed by atoms with Gasteiger partial charge in [-0.25, -0.2) is 0 Å². The molecule has 0 amide bonds. The lowest BCUT2D eigenvalue weighted by Crippen LogP contribution is -2.21. The molecule has 0 spiro atoms. The van der Waals surface area contributed by atoms with Gasteiger partial charge in [0.2, 0.25) is 0 Å². The Hall–Kier alpha value is -1.03. The highest BCUT2D eigenvalue weighted by Crippen LogP contribution is 2.09. The second-order valence-corrected chi connectivity index (χ2v) is 8.12. The number of aliphatic carboxylic acids is 1. The van der Waals surface area contributed by atoms with Gasteiger partial charge in [-0.3, -0.25) is 4.79 Å². The van der Waals surface area contributed by atoms with Gasteiger partial charge in [0.05, 0.1) is 26.4 Å². The van der Waals surface area contributed by atoms with Crippen molar-refractivity contribution < 1.29 is 30.3 Å². The van der Waals surface area contributed by atoms with Gasteiger partial charge in [-0.05, 0) is 32.1 Å². The summed E-state index contributed by atoms with van der Waals surface area (Å²) in [5.74, 6) is -0.664. The topological polar surface area (TPSA) is 142 Å². The van der Waals surface area contributed by atoms with Crippen LogP contribution in [0.2, 0.25) is 0 Å². The third kappa shape index (κ3) is 48.4. The average Bonchev–Trinajstić information content (AvgIpc) is 2.83. The Morgan fingerprint density at radius 3 is 1.29 bits per heavy atom. The zero-order valence-electron chi connectivity index (χ0n) is 21.9. The van der Waals surface area contributed by atoms with E-state index in [-0.39, 0.29) is 26.4 Å². The third-order valence-corrected chi connectivity index (χ3v) is 4.81. The maximum Gasteiger partial charge on any atom is 0.303 e. The van der Waals surface area contributed by atoms with E-state index in [1.165, 1.54) is 70.6 Å². The van der Waals surface area contributed by atoms with E-state index in [2.05, 4.69) is 29.7 Å². The summed E-state index contributed by atoms with van der Waals surface area (Å²) in [6, 6.07) is 0. The molecule has 34 heavy (non-hydrogen) atoms. The lowest BCUT2D eigenvalue weighted by molar-refractivity contribution is -0.137. The highest BCUT2D eigenvalue weighted by atomic mass is 16.4. The minimum Gasteiger partial charge on any atom is -0.481 e. The van der Waals surface area contributed by atoms with Crippen LogP contribution in [-0.2, 0) is 4.79 Å². The van der Waals surface area contributed by atoms with Crippen LogP contribution in [0, 0.1) is 0 Å². The first kappa shape index (κ1) is 37.5. The zero-order valence-corrected chi connectivity index (χ0v) is 21.9. The molecule has 8 nitrogen and oxygen atoms in total. The van der Waals surface area contributed by atoms with E-state index < -0.39 is 5.97 Å². The van der Waals surface area contributed by atoms with E-state index in [0.717, 1.165) is 12.8 Å². The Labute approximate surface area is 208 Å². The predicted octanol–water partition coefficient (Wildman–Crippen LogP) is 3.23. The number of rotatable bonds is 23. The molecule has 0 bridgehead atoms. The van der Waals surface area contributed by atoms with Crippen LogP contribution in [-0.4, -0.2) is 84.1 Å². The monoisotopic (exact) mass is 492 g/mol. The molecule has 7 N–H and O–H groups in total. The van der Waals surface area contributed by atoms with Crippen molar-refractivity contribution in [3.05, 3.63) is 12.2 Å². The summed E-state index contributed by atoms with van der Waals surface area (Å²) in [6.07, 6.45) is 21.2. The molecule has 0 atom stereocenters. The number of hydrogen-bond donors (Lipinski definition) is 7. The summed E-state index contributed by atoms with van der Waals surface area (Å²) < 4.78 is 0. The van der Waals surface area contributed by atoms with E-state index in [9.17, 15) is 4.79 Å². The SMILES string of the molecule is CCCCCCCC/C=C\CCCCCCCC(=O)O.OCCNCCO.OCCNCCO. The first-order valence-electron chi connectivity index (χ1n) is 13.3. The van der Waals surface area contributed by atoms with E-state index in [1.54, 1.807) is 0 Å². The van der Waals surface area contributed by atoms with Gasteiger partial charge in [-0.1, -0.05) is 70.4 Å². The van der Waals surface area contributed by atoms with Crippen LogP contribution in [0.15, 0.2) is 12.2 Å². The molecule has 206 valence electrons. The Kier molecular flexibility index (Phi) is 43.3. The minimum absolute atomic E-state index is 0.139. The molecular formula is C26H56N2O6. The summed E-state index contributed by atoms with van der Waals surface area (Å²) in [5, 5.41) is 46.7. The number of carboxylic acids is 1. The number of aliphatic hydroxyl groups excluding tert-OH is 4. The molecule has 0 aliphatic carbocycles. The molecule has 0 aromatic carbocycles. The first-order chi connectivity index (χ1) is 16.6. The molecule has 0 saturated carbocycles. The fourth-order valence-corrected chi connectivity index (χ4v) is 2.91. The van der Waals surface area contributed by atoms with Gasteiger partial charge < -0.3 is 36.2 Å². The highest BCUT2D eigenvalue weighted by Gasteiger charge is 1.95. The molecule has 0 saturated heterocycles. The van der Waals surface area contributed by atoms with Crippen LogP contribution >= 0.6 is 0 Å². The van der Waals surface area contributed by atoms with Crippen molar-refractivity contribution in [3.63, 3.8) is 0 Å². The van der Waals surface area contributed by atoms with Crippen molar-refractivity contribution >= 4 is 5.97 Å². The molecule has 0 aromatic rings. The fraction of sp³-hybridized carbons (Fsp3) is 0.885. The van der Waals surface area contributed by atoms with Crippen LogP contribution < -0.4 is 10.6 Å². The largest absolute Gasteiger partial charge is 0.481 e. The smallest absolute Gasteiger partial charge is 0.303 e.